The van der Waals surface area contributed by atoms with Gasteiger partial charge in [-0.3, -0.25) is 9.71 Å². The Morgan fingerprint density at radius 2 is 1.84 bits per heavy atom. The summed E-state index contributed by atoms with van der Waals surface area (Å²) < 4.78 is 42.2. The van der Waals surface area contributed by atoms with Crippen LogP contribution in [0.25, 0.3) is 0 Å². The topological polar surface area (TPSA) is 105 Å². The Kier molecular flexibility index (Phi) is 6.94. The molecule has 0 atom stereocenters. The molecular formula is C22H22BrFN4O3S. The fourth-order valence-corrected chi connectivity index (χ4v) is 4.28. The molecular weight excluding hydrogens is 499 g/mol. The van der Waals surface area contributed by atoms with E-state index in [0.29, 0.717) is 10.2 Å². The Hall–Kier alpha value is -2.85. The van der Waals surface area contributed by atoms with Gasteiger partial charge in [0, 0.05) is 22.7 Å². The molecule has 2 heterocycles. The second kappa shape index (κ2) is 9.33. The molecule has 0 saturated carbocycles. The average molecular weight is 521 g/mol. The van der Waals surface area contributed by atoms with Crippen molar-refractivity contribution in [3.05, 3.63) is 82.0 Å². The fourth-order valence-electron chi connectivity index (χ4n) is 2.92. The number of oxime groups is 1. The van der Waals surface area contributed by atoms with Crippen molar-refractivity contribution in [3.63, 3.8) is 0 Å². The van der Waals surface area contributed by atoms with Crippen molar-refractivity contribution in [3.8, 4) is 0 Å². The normalized spacial score (nSPS) is 12.6. The van der Waals surface area contributed by atoms with Crippen molar-refractivity contribution in [2.45, 2.75) is 37.5 Å². The lowest BCUT2D eigenvalue weighted by molar-refractivity contribution is 0.318. The first kappa shape index (κ1) is 23.8. The number of hydrogen-bond acceptors (Lipinski definition) is 6. The number of anilines is 1. The van der Waals surface area contributed by atoms with Crippen molar-refractivity contribution in [1.29, 1.82) is 0 Å². The van der Waals surface area contributed by atoms with Gasteiger partial charge in [0.05, 0.1) is 22.5 Å². The standard InChI is InChI=1S/C22H22BrFN4O3S/c1-22(2,3)15-4-6-17(7-5-15)32(30,31)28-21-9-8-18(23)20(26-21)11-19(27-29)14-10-16(24)13-25-12-14/h4-10,12-13,29H,11H2,1-3H3,(H,26,28)/b27-19-. The molecule has 0 spiro atoms. The number of benzene rings is 1. The van der Waals surface area contributed by atoms with Gasteiger partial charge >= 0.3 is 0 Å². The maximum atomic E-state index is 13.5. The number of halogens is 2. The van der Waals surface area contributed by atoms with Crippen LogP contribution in [-0.4, -0.2) is 29.3 Å². The molecule has 0 bridgehead atoms. The molecule has 32 heavy (non-hydrogen) atoms. The molecule has 1 aromatic carbocycles. The van der Waals surface area contributed by atoms with Gasteiger partial charge in [-0.05, 0) is 57.2 Å². The van der Waals surface area contributed by atoms with E-state index in [0.717, 1.165) is 11.8 Å². The summed E-state index contributed by atoms with van der Waals surface area (Å²) >= 11 is 3.36. The molecule has 0 aliphatic carbocycles. The van der Waals surface area contributed by atoms with Gasteiger partial charge in [-0.1, -0.05) is 38.1 Å². The highest BCUT2D eigenvalue weighted by atomic mass is 79.9. The number of pyridine rings is 2. The third kappa shape index (κ3) is 5.68. The van der Waals surface area contributed by atoms with Crippen LogP contribution < -0.4 is 4.72 Å². The first-order valence-electron chi connectivity index (χ1n) is 9.60. The Morgan fingerprint density at radius 1 is 1.16 bits per heavy atom. The number of sulfonamides is 1. The van der Waals surface area contributed by atoms with E-state index in [9.17, 15) is 18.0 Å². The minimum absolute atomic E-state index is 0.0120. The minimum Gasteiger partial charge on any atom is -0.411 e. The smallest absolute Gasteiger partial charge is 0.263 e. The van der Waals surface area contributed by atoms with Gasteiger partial charge < -0.3 is 5.21 Å². The Balaban J connectivity index is 1.85. The van der Waals surface area contributed by atoms with Crippen LogP contribution in [0.4, 0.5) is 10.2 Å². The first-order chi connectivity index (χ1) is 15.0. The van der Waals surface area contributed by atoms with Crippen LogP contribution >= 0.6 is 15.9 Å². The number of nitrogens with zero attached hydrogens (tertiary/aromatic N) is 3. The molecule has 0 unspecified atom stereocenters. The average Bonchev–Trinajstić information content (AvgIpc) is 2.73. The van der Waals surface area contributed by atoms with Gasteiger partial charge in [-0.2, -0.15) is 0 Å². The quantitative estimate of drug-likeness (QED) is 0.273. The third-order valence-corrected chi connectivity index (χ3v) is 6.77. The van der Waals surface area contributed by atoms with Crippen molar-refractivity contribution in [1.82, 2.24) is 9.97 Å². The number of aromatic nitrogens is 2. The van der Waals surface area contributed by atoms with Gasteiger partial charge in [0.25, 0.3) is 10.0 Å². The molecule has 0 aliphatic rings. The van der Waals surface area contributed by atoms with E-state index in [2.05, 4.69) is 35.8 Å². The zero-order valence-corrected chi connectivity index (χ0v) is 20.1. The van der Waals surface area contributed by atoms with E-state index >= 15 is 0 Å². The molecule has 7 nitrogen and oxygen atoms in total. The summed E-state index contributed by atoms with van der Waals surface area (Å²) in [6.45, 7) is 6.14. The molecule has 3 rings (SSSR count). The predicted molar refractivity (Wildman–Crippen MR) is 124 cm³/mol. The third-order valence-electron chi connectivity index (χ3n) is 4.68. The van der Waals surface area contributed by atoms with Crippen LogP contribution in [0.1, 0.15) is 37.6 Å². The van der Waals surface area contributed by atoms with Crippen LogP contribution in [0.15, 0.2) is 69.4 Å². The van der Waals surface area contributed by atoms with E-state index in [1.165, 1.54) is 18.3 Å². The van der Waals surface area contributed by atoms with Gasteiger partial charge in [-0.15, -0.1) is 0 Å². The molecule has 0 amide bonds. The Labute approximate surface area is 194 Å². The molecule has 0 saturated heterocycles. The Morgan fingerprint density at radius 3 is 2.44 bits per heavy atom. The summed E-state index contributed by atoms with van der Waals surface area (Å²) in [5.74, 6) is -0.479. The van der Waals surface area contributed by atoms with Crippen molar-refractivity contribution in [2.75, 3.05) is 4.72 Å². The molecule has 0 fully saturated rings. The number of nitrogens with one attached hydrogen (secondary N) is 1. The van der Waals surface area contributed by atoms with Crippen molar-refractivity contribution >= 4 is 37.5 Å². The SMILES string of the molecule is CC(C)(C)c1ccc(S(=O)(=O)Nc2ccc(Br)c(C/C(=N/O)c3cncc(F)c3)n2)cc1. The fraction of sp³-hybridized carbons (Fsp3) is 0.227. The lowest BCUT2D eigenvalue weighted by Gasteiger charge is -2.19. The summed E-state index contributed by atoms with van der Waals surface area (Å²) in [5, 5.41) is 12.6. The molecule has 0 radical (unpaired) electrons. The highest BCUT2D eigenvalue weighted by Crippen LogP contribution is 2.25. The van der Waals surface area contributed by atoms with Crippen molar-refractivity contribution in [2.24, 2.45) is 5.16 Å². The maximum Gasteiger partial charge on any atom is 0.263 e. The lowest BCUT2D eigenvalue weighted by atomic mass is 9.87. The monoisotopic (exact) mass is 520 g/mol. The van der Waals surface area contributed by atoms with E-state index in [1.807, 2.05) is 20.8 Å². The maximum absolute atomic E-state index is 13.5. The summed E-state index contributed by atoms with van der Waals surface area (Å²) in [6.07, 6.45) is 2.41. The van der Waals surface area contributed by atoms with Crippen LogP contribution in [0.2, 0.25) is 0 Å². The van der Waals surface area contributed by atoms with Gasteiger partial charge in [0.15, 0.2) is 0 Å². The first-order valence-corrected chi connectivity index (χ1v) is 11.9. The van der Waals surface area contributed by atoms with Gasteiger partial charge in [0.1, 0.15) is 11.6 Å². The van der Waals surface area contributed by atoms with Crippen molar-refractivity contribution < 1.29 is 18.0 Å². The molecule has 168 valence electrons. The summed E-state index contributed by atoms with van der Waals surface area (Å²) in [7, 11) is -3.86. The second-order valence-corrected chi connectivity index (χ2v) is 10.7. The van der Waals surface area contributed by atoms with E-state index < -0.39 is 15.8 Å². The largest absolute Gasteiger partial charge is 0.411 e. The van der Waals surface area contributed by atoms with Gasteiger partial charge in [-0.25, -0.2) is 17.8 Å². The number of rotatable bonds is 6. The van der Waals surface area contributed by atoms with E-state index in [4.69, 9.17) is 0 Å². The molecule has 0 aliphatic heterocycles. The molecule has 2 aromatic heterocycles. The predicted octanol–water partition coefficient (Wildman–Crippen LogP) is 4.90. The lowest BCUT2D eigenvalue weighted by Crippen LogP contribution is -2.16. The minimum atomic E-state index is -3.86. The molecule has 3 aromatic rings. The Bertz CT molecular complexity index is 1260. The van der Waals surface area contributed by atoms with Gasteiger partial charge in [0.2, 0.25) is 0 Å². The highest BCUT2D eigenvalue weighted by molar-refractivity contribution is 9.10. The van der Waals surface area contributed by atoms with Crippen LogP contribution in [0.5, 0.6) is 0 Å². The zero-order valence-electron chi connectivity index (χ0n) is 17.7. The summed E-state index contributed by atoms with van der Waals surface area (Å²) in [4.78, 5) is 8.19. The highest BCUT2D eigenvalue weighted by Gasteiger charge is 2.19. The van der Waals surface area contributed by atoms with E-state index in [-0.39, 0.29) is 33.8 Å². The van der Waals surface area contributed by atoms with Crippen LogP contribution in [0.3, 0.4) is 0 Å². The van der Waals surface area contributed by atoms with E-state index in [1.54, 1.807) is 30.3 Å². The molecule has 10 heteroatoms. The van der Waals surface area contributed by atoms with Crippen LogP contribution in [-0.2, 0) is 21.9 Å². The number of hydrogen-bond donors (Lipinski definition) is 2. The van der Waals surface area contributed by atoms with Crippen LogP contribution in [0, 0.1) is 5.82 Å². The zero-order chi connectivity index (χ0) is 23.5. The second-order valence-electron chi connectivity index (χ2n) is 8.12. The summed E-state index contributed by atoms with van der Waals surface area (Å²) in [6, 6.07) is 11.0. The summed E-state index contributed by atoms with van der Waals surface area (Å²) in [5.41, 5.74) is 1.73. The molecule has 2 N–H and O–H groups in total.